The molecule has 180 valence electrons. The highest BCUT2D eigenvalue weighted by Gasteiger charge is 2.34. The summed E-state index contributed by atoms with van der Waals surface area (Å²) < 4.78 is 35.2. The molecular weight excluding hydrogens is 476 g/mol. The number of benzene rings is 2. The predicted molar refractivity (Wildman–Crippen MR) is 128 cm³/mol. The number of fused-ring (bicyclic) bond motifs is 1. The maximum atomic E-state index is 14.6. The van der Waals surface area contributed by atoms with E-state index in [2.05, 4.69) is 5.32 Å². The summed E-state index contributed by atoms with van der Waals surface area (Å²) in [6.45, 7) is 2.29. The first-order valence-corrected chi connectivity index (χ1v) is 11.6. The van der Waals surface area contributed by atoms with Crippen molar-refractivity contribution in [3.63, 3.8) is 0 Å². The first kappa shape index (κ1) is 23.3. The number of hydrogen-bond acceptors (Lipinski definition) is 6. The molecule has 3 aromatic rings. The van der Waals surface area contributed by atoms with Crippen LogP contribution in [-0.2, 0) is 0 Å². The number of nitrogens with one attached hydrogen (secondary N) is 1. The minimum atomic E-state index is -0.749. The van der Waals surface area contributed by atoms with Gasteiger partial charge < -0.3 is 15.0 Å². The summed E-state index contributed by atoms with van der Waals surface area (Å²) in [5.74, 6) is -0.598. The van der Waals surface area contributed by atoms with E-state index in [1.165, 1.54) is 31.4 Å². The van der Waals surface area contributed by atoms with Crippen LogP contribution >= 0.6 is 11.6 Å². The van der Waals surface area contributed by atoms with E-state index in [4.69, 9.17) is 26.6 Å². The minimum absolute atomic E-state index is 0.0106. The van der Waals surface area contributed by atoms with E-state index < -0.39 is 17.2 Å². The molecule has 2 atom stereocenters. The number of hydrogen-bond donors (Lipinski definition) is 1. The lowest BCUT2D eigenvalue weighted by Gasteiger charge is -2.36. The molecule has 0 aliphatic carbocycles. The molecule has 0 amide bonds. The summed E-state index contributed by atoms with van der Waals surface area (Å²) in [5, 5.41) is 12.5. The van der Waals surface area contributed by atoms with Crippen molar-refractivity contribution in [3.8, 4) is 28.9 Å². The Morgan fingerprint density at radius 3 is 2.74 bits per heavy atom. The average molecular weight is 498 g/mol. The third-order valence-corrected chi connectivity index (χ3v) is 7.04. The van der Waals surface area contributed by atoms with Gasteiger partial charge in [-0.05, 0) is 55.6 Å². The molecule has 2 aromatic carbocycles. The molecule has 1 aromatic heterocycles. The van der Waals surface area contributed by atoms with Gasteiger partial charge in [0.1, 0.15) is 22.7 Å². The molecule has 10 heteroatoms. The van der Waals surface area contributed by atoms with Gasteiger partial charge in [-0.15, -0.1) is 0 Å². The van der Waals surface area contributed by atoms with Crippen LogP contribution in [0.4, 0.5) is 14.6 Å². The molecule has 7 nitrogen and oxygen atoms in total. The van der Waals surface area contributed by atoms with E-state index in [1.807, 2.05) is 4.90 Å². The molecule has 0 saturated carbocycles. The van der Waals surface area contributed by atoms with E-state index in [0.717, 1.165) is 36.1 Å². The van der Waals surface area contributed by atoms with Gasteiger partial charge in [0.15, 0.2) is 17.4 Å². The third kappa shape index (κ3) is 4.13. The summed E-state index contributed by atoms with van der Waals surface area (Å²) in [4.78, 5) is 20.3. The second-order valence-corrected chi connectivity index (χ2v) is 9.06. The van der Waals surface area contributed by atoms with Gasteiger partial charge in [0.25, 0.3) is 5.56 Å². The van der Waals surface area contributed by atoms with Crippen LogP contribution in [0.5, 0.6) is 5.75 Å². The molecule has 0 bridgehead atoms. The van der Waals surface area contributed by atoms with Gasteiger partial charge in [-0.1, -0.05) is 11.6 Å². The quantitative estimate of drug-likeness (QED) is 0.588. The molecule has 0 spiro atoms. The van der Waals surface area contributed by atoms with E-state index in [-0.39, 0.29) is 33.4 Å². The Bertz CT molecular complexity index is 1400. The Kier molecular flexibility index (Phi) is 6.17. The standard InChI is InChI=1S/C25H22ClF2N5O2/c1-35-21-5-4-17(11-19(21)28)33-23(14-2-3-15(12-29)18(27)10-14)31-24(22(26)25(33)34)32-9-7-20-16(13-32)6-8-30-20/h2-5,10-11,16,20,30H,6-9,13H2,1H3. The Hall–Kier alpha value is -3.48. The summed E-state index contributed by atoms with van der Waals surface area (Å²) in [6.07, 6.45) is 1.91. The smallest absolute Gasteiger partial charge is 0.279 e. The second-order valence-electron chi connectivity index (χ2n) is 8.68. The summed E-state index contributed by atoms with van der Waals surface area (Å²) in [6, 6.07) is 10.2. The summed E-state index contributed by atoms with van der Waals surface area (Å²) in [7, 11) is 1.34. The maximum Gasteiger partial charge on any atom is 0.279 e. The fourth-order valence-electron chi connectivity index (χ4n) is 4.91. The topological polar surface area (TPSA) is 83.2 Å². The number of aromatic nitrogens is 2. The van der Waals surface area contributed by atoms with Gasteiger partial charge in [0.2, 0.25) is 0 Å². The predicted octanol–water partition coefficient (Wildman–Crippen LogP) is 3.90. The molecule has 2 saturated heterocycles. The highest BCUT2D eigenvalue weighted by molar-refractivity contribution is 6.32. The van der Waals surface area contributed by atoms with Crippen LogP contribution in [0, 0.1) is 28.9 Å². The molecule has 2 unspecified atom stereocenters. The zero-order valence-corrected chi connectivity index (χ0v) is 19.6. The van der Waals surface area contributed by atoms with Crippen LogP contribution in [0.1, 0.15) is 18.4 Å². The van der Waals surface area contributed by atoms with Crippen LogP contribution in [0.25, 0.3) is 17.1 Å². The highest BCUT2D eigenvalue weighted by Crippen LogP contribution is 2.33. The SMILES string of the molecule is COc1ccc(-n2c(-c3ccc(C#N)c(F)c3)nc(N3CCC4NCCC4C3)c(Cl)c2=O)cc1F. The van der Waals surface area contributed by atoms with E-state index >= 15 is 0 Å². The van der Waals surface area contributed by atoms with Crippen LogP contribution in [-0.4, -0.2) is 42.3 Å². The molecule has 3 heterocycles. The van der Waals surface area contributed by atoms with Crippen molar-refractivity contribution < 1.29 is 13.5 Å². The summed E-state index contributed by atoms with van der Waals surface area (Å²) >= 11 is 6.57. The van der Waals surface area contributed by atoms with Gasteiger partial charge in [-0.2, -0.15) is 5.26 Å². The molecule has 35 heavy (non-hydrogen) atoms. The van der Waals surface area contributed by atoms with Crippen LogP contribution in [0.15, 0.2) is 41.2 Å². The van der Waals surface area contributed by atoms with Crippen LogP contribution < -0.4 is 20.5 Å². The van der Waals surface area contributed by atoms with Gasteiger partial charge in [-0.3, -0.25) is 9.36 Å². The molecular formula is C25H22ClF2N5O2. The first-order valence-electron chi connectivity index (χ1n) is 11.3. The fraction of sp³-hybridized carbons (Fsp3) is 0.320. The molecule has 1 N–H and O–H groups in total. The average Bonchev–Trinajstić information content (AvgIpc) is 3.33. The number of piperidine rings is 1. The Labute approximate surface area is 205 Å². The van der Waals surface area contributed by atoms with Gasteiger partial charge in [0, 0.05) is 30.8 Å². The lowest BCUT2D eigenvalue weighted by Crippen LogP contribution is -2.45. The zero-order valence-electron chi connectivity index (χ0n) is 18.9. The van der Waals surface area contributed by atoms with Gasteiger partial charge in [-0.25, -0.2) is 13.8 Å². The Morgan fingerprint density at radius 1 is 1.20 bits per heavy atom. The van der Waals surface area contributed by atoms with Crippen molar-refractivity contribution in [2.24, 2.45) is 5.92 Å². The molecule has 2 fully saturated rings. The fourth-order valence-corrected chi connectivity index (χ4v) is 5.16. The lowest BCUT2D eigenvalue weighted by atomic mass is 9.93. The molecule has 0 radical (unpaired) electrons. The molecule has 2 aliphatic rings. The van der Waals surface area contributed by atoms with Crippen molar-refractivity contribution in [2.45, 2.75) is 18.9 Å². The normalized spacial score (nSPS) is 19.3. The van der Waals surface area contributed by atoms with E-state index in [9.17, 15) is 13.6 Å². The number of nitrogens with zero attached hydrogens (tertiary/aromatic N) is 4. The van der Waals surface area contributed by atoms with Crippen molar-refractivity contribution >= 4 is 17.4 Å². The number of halogens is 3. The Balaban J connectivity index is 1.70. The molecule has 5 rings (SSSR count). The van der Waals surface area contributed by atoms with Crippen molar-refractivity contribution in [1.82, 2.24) is 14.9 Å². The molecule has 2 aliphatic heterocycles. The van der Waals surface area contributed by atoms with Gasteiger partial charge in [0.05, 0.1) is 18.4 Å². The summed E-state index contributed by atoms with van der Waals surface area (Å²) in [5.41, 5.74) is -0.325. The number of ether oxygens (including phenoxy) is 1. The Morgan fingerprint density at radius 2 is 2.03 bits per heavy atom. The zero-order chi connectivity index (χ0) is 24.7. The second kappa shape index (κ2) is 9.29. The lowest BCUT2D eigenvalue weighted by molar-refractivity contribution is 0.375. The largest absolute Gasteiger partial charge is 0.494 e. The van der Waals surface area contributed by atoms with E-state index in [1.54, 1.807) is 6.07 Å². The van der Waals surface area contributed by atoms with Crippen molar-refractivity contribution in [1.29, 1.82) is 5.26 Å². The van der Waals surface area contributed by atoms with Crippen LogP contribution in [0.2, 0.25) is 5.02 Å². The maximum absolute atomic E-state index is 14.6. The van der Waals surface area contributed by atoms with Gasteiger partial charge >= 0.3 is 0 Å². The number of anilines is 1. The van der Waals surface area contributed by atoms with Crippen molar-refractivity contribution in [2.75, 3.05) is 31.6 Å². The third-order valence-electron chi connectivity index (χ3n) is 6.71. The van der Waals surface area contributed by atoms with Crippen LogP contribution in [0.3, 0.4) is 0 Å². The monoisotopic (exact) mass is 497 g/mol. The minimum Gasteiger partial charge on any atom is -0.494 e. The highest BCUT2D eigenvalue weighted by atomic mass is 35.5. The van der Waals surface area contributed by atoms with Crippen molar-refractivity contribution in [3.05, 3.63) is 69.0 Å². The van der Waals surface area contributed by atoms with E-state index in [0.29, 0.717) is 30.9 Å². The number of nitriles is 1. The first-order chi connectivity index (χ1) is 16.9. The number of rotatable bonds is 4. The number of methoxy groups -OCH3 is 1.